The number of nitrogens with zero attached hydrogens (tertiary/aromatic N) is 1. The highest BCUT2D eigenvalue weighted by molar-refractivity contribution is 7.93. The van der Waals surface area contributed by atoms with E-state index in [4.69, 9.17) is 17.3 Å². The maximum Gasteiger partial charge on any atom is 0.265 e. The smallest absolute Gasteiger partial charge is 0.265 e. The van der Waals surface area contributed by atoms with E-state index in [0.717, 1.165) is 4.31 Å². The number of aliphatic hydroxyl groups excluding tert-OH is 1. The van der Waals surface area contributed by atoms with E-state index in [1.807, 2.05) is 0 Å². The van der Waals surface area contributed by atoms with Crippen molar-refractivity contribution in [2.75, 3.05) is 21.5 Å². The molecule has 10 heteroatoms. The van der Waals surface area contributed by atoms with Gasteiger partial charge in [0.25, 0.3) is 10.0 Å². The average Bonchev–Trinajstić information content (AvgIpc) is 2.84. The van der Waals surface area contributed by atoms with Gasteiger partial charge in [-0.15, -0.1) is 0 Å². The third kappa shape index (κ3) is 3.91. The predicted octanol–water partition coefficient (Wildman–Crippen LogP) is 1.58. The number of benzene rings is 2. The van der Waals surface area contributed by atoms with E-state index in [1.165, 1.54) is 30.3 Å². The van der Waals surface area contributed by atoms with Gasteiger partial charge < -0.3 is 10.8 Å². The van der Waals surface area contributed by atoms with Gasteiger partial charge in [0.1, 0.15) is 0 Å². The maximum absolute atomic E-state index is 13.5. The van der Waals surface area contributed by atoms with Crippen LogP contribution >= 0.6 is 11.6 Å². The third-order valence-electron chi connectivity index (χ3n) is 4.43. The van der Waals surface area contributed by atoms with Crippen molar-refractivity contribution in [2.24, 2.45) is 0 Å². The SMILES string of the molecule is Cc1ccc(Cl)cc1S(=O)(=O)N(c1ccc(N)cc1)[C@@H]1CS(=O)(=O)C[C@@H]1O. The Morgan fingerprint density at radius 1 is 1.15 bits per heavy atom. The summed E-state index contributed by atoms with van der Waals surface area (Å²) in [6.07, 6.45) is -1.35. The van der Waals surface area contributed by atoms with E-state index in [1.54, 1.807) is 19.1 Å². The highest BCUT2D eigenvalue weighted by atomic mass is 35.5. The van der Waals surface area contributed by atoms with Crippen LogP contribution in [0.5, 0.6) is 0 Å². The van der Waals surface area contributed by atoms with Crippen LogP contribution in [0.1, 0.15) is 5.56 Å². The normalized spacial score (nSPS) is 21.9. The van der Waals surface area contributed by atoms with Gasteiger partial charge in [0, 0.05) is 10.7 Å². The number of hydrogen-bond donors (Lipinski definition) is 2. The molecule has 1 saturated heterocycles. The van der Waals surface area contributed by atoms with Crippen molar-refractivity contribution in [3.8, 4) is 0 Å². The molecule has 1 fully saturated rings. The monoisotopic (exact) mass is 430 g/mol. The zero-order chi connectivity index (χ0) is 20.0. The van der Waals surface area contributed by atoms with E-state index in [2.05, 4.69) is 0 Å². The summed E-state index contributed by atoms with van der Waals surface area (Å²) >= 11 is 5.98. The van der Waals surface area contributed by atoms with Crippen LogP contribution in [-0.2, 0) is 19.9 Å². The molecule has 0 aromatic heterocycles. The van der Waals surface area contributed by atoms with Gasteiger partial charge in [-0.3, -0.25) is 4.31 Å². The fraction of sp³-hybridized carbons (Fsp3) is 0.294. The van der Waals surface area contributed by atoms with Crippen LogP contribution in [0.2, 0.25) is 5.02 Å². The summed E-state index contributed by atoms with van der Waals surface area (Å²) in [6, 6.07) is 9.27. The summed E-state index contributed by atoms with van der Waals surface area (Å²) in [6.45, 7) is 1.62. The minimum atomic E-state index is -4.20. The zero-order valence-electron chi connectivity index (χ0n) is 14.4. The summed E-state index contributed by atoms with van der Waals surface area (Å²) in [5, 5.41) is 10.5. The van der Waals surface area contributed by atoms with E-state index in [-0.39, 0.29) is 15.6 Å². The van der Waals surface area contributed by atoms with Crippen LogP contribution in [0.4, 0.5) is 11.4 Å². The first-order valence-electron chi connectivity index (χ1n) is 8.06. The van der Waals surface area contributed by atoms with Gasteiger partial charge in [-0.05, 0) is 48.9 Å². The number of anilines is 2. The molecule has 146 valence electrons. The third-order valence-corrected chi connectivity index (χ3v) is 8.36. The van der Waals surface area contributed by atoms with E-state index < -0.39 is 43.5 Å². The first-order chi connectivity index (χ1) is 12.5. The summed E-state index contributed by atoms with van der Waals surface area (Å²) in [4.78, 5) is -0.0525. The van der Waals surface area contributed by atoms with Crippen LogP contribution in [0, 0.1) is 6.92 Å². The van der Waals surface area contributed by atoms with Crippen molar-refractivity contribution < 1.29 is 21.9 Å². The van der Waals surface area contributed by atoms with Gasteiger partial charge >= 0.3 is 0 Å². The Hall–Kier alpha value is -1.81. The standard InChI is InChI=1S/C17H19ClN2O5S2/c1-11-2-3-12(18)8-17(11)27(24,25)20(14-6-4-13(19)5-7-14)15-9-26(22,23)10-16(15)21/h2-8,15-16,21H,9-10,19H2,1H3/t15-,16+/m1/s1. The molecule has 3 N–H and O–H groups in total. The molecule has 0 radical (unpaired) electrons. The van der Waals surface area contributed by atoms with Gasteiger partial charge in [-0.2, -0.15) is 0 Å². The lowest BCUT2D eigenvalue weighted by molar-refractivity contribution is 0.184. The topological polar surface area (TPSA) is 118 Å². The summed E-state index contributed by atoms with van der Waals surface area (Å²) < 4.78 is 51.9. The van der Waals surface area contributed by atoms with Gasteiger partial charge in [0.05, 0.1) is 34.2 Å². The van der Waals surface area contributed by atoms with Crippen molar-refractivity contribution in [1.82, 2.24) is 0 Å². The minimum Gasteiger partial charge on any atom is -0.399 e. The first kappa shape index (κ1) is 19.9. The van der Waals surface area contributed by atoms with Crippen LogP contribution < -0.4 is 10.0 Å². The molecular weight excluding hydrogens is 412 g/mol. The van der Waals surface area contributed by atoms with Crippen molar-refractivity contribution in [1.29, 1.82) is 0 Å². The van der Waals surface area contributed by atoms with Crippen LogP contribution in [0.15, 0.2) is 47.4 Å². The lowest BCUT2D eigenvalue weighted by Crippen LogP contribution is -2.47. The molecular formula is C17H19ClN2O5S2. The summed E-state index contributed by atoms with van der Waals surface area (Å²) in [5.41, 5.74) is 6.78. The van der Waals surface area contributed by atoms with Crippen LogP contribution in [0.3, 0.4) is 0 Å². The molecule has 3 rings (SSSR count). The van der Waals surface area contributed by atoms with E-state index in [0.29, 0.717) is 11.3 Å². The van der Waals surface area contributed by atoms with Crippen LogP contribution in [0.25, 0.3) is 0 Å². The molecule has 0 spiro atoms. The molecule has 27 heavy (non-hydrogen) atoms. The van der Waals surface area contributed by atoms with Gasteiger partial charge in [0.15, 0.2) is 9.84 Å². The second-order valence-corrected chi connectivity index (χ2v) is 10.9. The fourth-order valence-corrected chi connectivity index (χ4v) is 7.16. The van der Waals surface area contributed by atoms with E-state index in [9.17, 15) is 21.9 Å². The Morgan fingerprint density at radius 3 is 2.33 bits per heavy atom. The zero-order valence-corrected chi connectivity index (χ0v) is 16.8. The molecule has 1 aliphatic heterocycles. The van der Waals surface area contributed by atoms with Crippen molar-refractivity contribution in [3.63, 3.8) is 0 Å². The largest absolute Gasteiger partial charge is 0.399 e. The number of aliphatic hydroxyl groups is 1. The molecule has 1 heterocycles. The second-order valence-electron chi connectivity index (χ2n) is 6.51. The predicted molar refractivity (Wildman–Crippen MR) is 105 cm³/mol. The maximum atomic E-state index is 13.5. The van der Waals surface area contributed by atoms with Crippen LogP contribution in [-0.4, -0.2) is 45.6 Å². The number of halogens is 1. The average molecular weight is 431 g/mol. The summed E-state index contributed by atoms with van der Waals surface area (Å²) in [5.74, 6) is -0.968. The Bertz CT molecular complexity index is 1070. The molecule has 1 aliphatic rings. The van der Waals surface area contributed by atoms with Gasteiger partial charge in [-0.1, -0.05) is 17.7 Å². The number of sulfonamides is 1. The van der Waals surface area contributed by atoms with Gasteiger partial charge in [-0.25, -0.2) is 16.8 Å². The van der Waals surface area contributed by atoms with Crippen molar-refractivity contribution in [2.45, 2.75) is 24.0 Å². The molecule has 0 bridgehead atoms. The quantitative estimate of drug-likeness (QED) is 0.711. The highest BCUT2D eigenvalue weighted by Crippen LogP contribution is 2.33. The molecule has 2 aromatic rings. The highest BCUT2D eigenvalue weighted by Gasteiger charge is 2.45. The minimum absolute atomic E-state index is 0.0525. The Labute approximate surface area is 163 Å². The number of aryl methyl sites for hydroxylation is 1. The van der Waals surface area contributed by atoms with Gasteiger partial charge in [0.2, 0.25) is 0 Å². The molecule has 7 nitrogen and oxygen atoms in total. The number of nitrogens with two attached hydrogens (primary N) is 1. The molecule has 0 unspecified atom stereocenters. The lowest BCUT2D eigenvalue weighted by Gasteiger charge is -2.32. The molecule has 2 aromatic carbocycles. The Balaban J connectivity index is 2.20. The molecule has 0 saturated carbocycles. The molecule has 2 atom stereocenters. The number of hydrogen-bond acceptors (Lipinski definition) is 6. The molecule has 0 aliphatic carbocycles. The van der Waals surface area contributed by atoms with E-state index >= 15 is 0 Å². The fourth-order valence-electron chi connectivity index (χ4n) is 3.12. The first-order valence-corrected chi connectivity index (χ1v) is 11.7. The lowest BCUT2D eigenvalue weighted by atomic mass is 10.2. The number of nitrogen functional groups attached to an aromatic ring is 1. The number of rotatable bonds is 4. The van der Waals surface area contributed by atoms with Crippen molar-refractivity contribution in [3.05, 3.63) is 53.1 Å². The number of sulfone groups is 1. The Morgan fingerprint density at radius 2 is 1.78 bits per heavy atom. The second kappa shape index (κ2) is 6.97. The Kier molecular flexibility index (Phi) is 5.15. The van der Waals surface area contributed by atoms with Crippen molar-refractivity contribution >= 4 is 42.8 Å². The summed E-state index contributed by atoms with van der Waals surface area (Å²) in [7, 11) is -7.78. The molecule has 0 amide bonds.